The number of aliphatic hydroxyl groups is 1. The molecule has 6 heteroatoms. The molecule has 3 aliphatic rings. The molecule has 0 radical (unpaired) electrons. The number of ketones is 2. The Balaban J connectivity index is 1.89. The second-order valence-corrected chi connectivity index (χ2v) is 6.93. The third-order valence-electron chi connectivity index (χ3n) is 5.01. The van der Waals surface area contributed by atoms with Gasteiger partial charge in [-0.2, -0.15) is 0 Å². The minimum atomic E-state index is -1.03. The van der Waals surface area contributed by atoms with Gasteiger partial charge in [0.15, 0.2) is 5.78 Å². The van der Waals surface area contributed by atoms with Crippen molar-refractivity contribution < 1.29 is 29.0 Å². The van der Waals surface area contributed by atoms with Crippen molar-refractivity contribution in [2.75, 3.05) is 0 Å². The van der Waals surface area contributed by atoms with E-state index in [1.165, 1.54) is 0 Å². The van der Waals surface area contributed by atoms with Gasteiger partial charge in [-0.15, -0.1) is 0 Å². The van der Waals surface area contributed by atoms with E-state index in [0.717, 1.165) is 5.57 Å². The van der Waals surface area contributed by atoms with Crippen molar-refractivity contribution in [1.82, 2.24) is 0 Å². The number of hydrogen-bond donors (Lipinski definition) is 1. The van der Waals surface area contributed by atoms with E-state index < -0.39 is 30.4 Å². The van der Waals surface area contributed by atoms with E-state index >= 15 is 0 Å². The Hall–Kier alpha value is -1.79. The van der Waals surface area contributed by atoms with Crippen LogP contribution in [0, 0.1) is 5.92 Å². The maximum Gasteiger partial charge on any atom is 0.336 e. The summed E-state index contributed by atoms with van der Waals surface area (Å²) in [7, 11) is 0. The number of Topliss-reactive ketones (excluding diaryl/α,β-unsaturated/α-hetero) is 2. The average molecular weight is 334 g/mol. The predicted octanol–water partition coefficient (Wildman–Crippen LogP) is 1.26. The van der Waals surface area contributed by atoms with Crippen molar-refractivity contribution in [2.24, 2.45) is 5.92 Å². The number of esters is 1. The minimum absolute atomic E-state index is 0.0482. The van der Waals surface area contributed by atoms with Crippen LogP contribution in [0.15, 0.2) is 23.8 Å². The van der Waals surface area contributed by atoms with Crippen molar-refractivity contribution in [1.29, 1.82) is 0 Å². The summed E-state index contributed by atoms with van der Waals surface area (Å²) < 4.78 is 10.9. The van der Waals surface area contributed by atoms with Crippen LogP contribution in [-0.4, -0.2) is 47.1 Å². The molecule has 0 amide bonds. The highest BCUT2D eigenvalue weighted by Crippen LogP contribution is 2.32. The van der Waals surface area contributed by atoms with Gasteiger partial charge < -0.3 is 14.6 Å². The van der Waals surface area contributed by atoms with Crippen LogP contribution in [0.5, 0.6) is 0 Å². The number of carbonyl (C=O) groups is 3. The van der Waals surface area contributed by atoms with Crippen LogP contribution in [0.25, 0.3) is 0 Å². The third kappa shape index (κ3) is 3.35. The molecule has 0 spiro atoms. The Kier molecular flexibility index (Phi) is 4.69. The third-order valence-corrected chi connectivity index (χ3v) is 5.01. The zero-order valence-corrected chi connectivity index (χ0v) is 13.7. The summed E-state index contributed by atoms with van der Waals surface area (Å²) in [6.45, 7) is 5.73. The topological polar surface area (TPSA) is 89.9 Å². The molecule has 24 heavy (non-hydrogen) atoms. The van der Waals surface area contributed by atoms with E-state index in [0.29, 0.717) is 6.42 Å². The SMILES string of the molecule is C=C(C)[C@@H]1C/C=C2/C(=O)O[C@@H](C[C@@H]3CC(=O)[C@H](CC(=O)C1)O3)[C@@H]2O. The van der Waals surface area contributed by atoms with Gasteiger partial charge in [0, 0.05) is 25.7 Å². The van der Waals surface area contributed by atoms with Gasteiger partial charge in [0.1, 0.15) is 24.1 Å². The van der Waals surface area contributed by atoms with Crippen molar-refractivity contribution in [3.63, 3.8) is 0 Å². The lowest BCUT2D eigenvalue weighted by atomic mass is 9.89. The molecule has 2 saturated heterocycles. The van der Waals surface area contributed by atoms with Gasteiger partial charge in [-0.3, -0.25) is 9.59 Å². The molecule has 0 aromatic heterocycles. The van der Waals surface area contributed by atoms with Gasteiger partial charge in [-0.25, -0.2) is 4.79 Å². The normalized spacial score (nSPS) is 39.3. The van der Waals surface area contributed by atoms with Crippen LogP contribution in [-0.2, 0) is 23.9 Å². The van der Waals surface area contributed by atoms with E-state index in [4.69, 9.17) is 9.47 Å². The number of ether oxygens (including phenoxy) is 2. The smallest absolute Gasteiger partial charge is 0.336 e. The highest BCUT2D eigenvalue weighted by atomic mass is 16.6. The Morgan fingerprint density at radius 1 is 1.25 bits per heavy atom. The molecular formula is C18H22O6. The van der Waals surface area contributed by atoms with Crippen molar-refractivity contribution in [3.8, 4) is 0 Å². The number of hydrogen-bond acceptors (Lipinski definition) is 6. The lowest BCUT2D eigenvalue weighted by Gasteiger charge is -2.17. The monoisotopic (exact) mass is 334 g/mol. The van der Waals surface area contributed by atoms with Crippen molar-refractivity contribution in [2.45, 2.75) is 63.4 Å². The summed E-state index contributed by atoms with van der Waals surface area (Å²) in [5, 5.41) is 10.4. The Morgan fingerprint density at radius 2 is 2.00 bits per heavy atom. The van der Waals surface area contributed by atoms with Crippen LogP contribution in [0.3, 0.4) is 0 Å². The van der Waals surface area contributed by atoms with Gasteiger partial charge in [-0.05, 0) is 19.3 Å². The first-order valence-electron chi connectivity index (χ1n) is 8.29. The Labute approximate surface area is 140 Å². The number of allylic oxidation sites excluding steroid dienone is 2. The molecule has 2 fully saturated rings. The molecule has 6 nitrogen and oxygen atoms in total. The lowest BCUT2D eigenvalue weighted by molar-refractivity contribution is -0.141. The Bertz CT molecular complexity index is 619. The van der Waals surface area contributed by atoms with Crippen LogP contribution >= 0.6 is 0 Å². The first kappa shape index (κ1) is 17.0. The van der Waals surface area contributed by atoms with Crippen LogP contribution < -0.4 is 0 Å². The van der Waals surface area contributed by atoms with Crippen molar-refractivity contribution in [3.05, 3.63) is 23.8 Å². The summed E-state index contributed by atoms with van der Waals surface area (Å²) >= 11 is 0. The fourth-order valence-corrected chi connectivity index (χ4v) is 3.54. The zero-order valence-electron chi connectivity index (χ0n) is 13.7. The van der Waals surface area contributed by atoms with Crippen LogP contribution in [0.4, 0.5) is 0 Å². The molecule has 5 atom stereocenters. The molecule has 0 saturated carbocycles. The fraction of sp³-hybridized carbons (Fsp3) is 0.611. The zero-order chi connectivity index (χ0) is 17.4. The molecule has 3 heterocycles. The van der Waals surface area contributed by atoms with E-state index in [2.05, 4.69) is 6.58 Å². The van der Waals surface area contributed by atoms with E-state index in [1.54, 1.807) is 6.08 Å². The fourth-order valence-electron chi connectivity index (χ4n) is 3.54. The van der Waals surface area contributed by atoms with Crippen molar-refractivity contribution >= 4 is 17.5 Å². The molecule has 4 bridgehead atoms. The average Bonchev–Trinajstić information content (AvgIpc) is 2.96. The summed E-state index contributed by atoms with van der Waals surface area (Å²) in [6, 6.07) is 0. The van der Waals surface area contributed by atoms with Crippen LogP contribution in [0.2, 0.25) is 0 Å². The molecule has 0 aliphatic carbocycles. The first-order chi connectivity index (χ1) is 11.3. The maximum atomic E-state index is 12.3. The highest BCUT2D eigenvalue weighted by molar-refractivity contribution is 5.93. The molecule has 0 unspecified atom stereocenters. The van der Waals surface area contributed by atoms with Gasteiger partial charge in [-0.1, -0.05) is 18.2 Å². The lowest BCUT2D eigenvalue weighted by Crippen LogP contribution is -2.27. The molecule has 0 aromatic rings. The maximum absolute atomic E-state index is 12.3. The van der Waals surface area contributed by atoms with E-state index in [9.17, 15) is 19.5 Å². The van der Waals surface area contributed by atoms with E-state index in [-0.39, 0.29) is 48.7 Å². The summed E-state index contributed by atoms with van der Waals surface area (Å²) in [4.78, 5) is 36.3. The molecule has 3 aliphatic heterocycles. The molecule has 0 aromatic carbocycles. The predicted molar refractivity (Wildman–Crippen MR) is 84.0 cm³/mol. The molecular weight excluding hydrogens is 312 g/mol. The van der Waals surface area contributed by atoms with E-state index in [1.807, 2.05) is 6.92 Å². The summed E-state index contributed by atoms with van der Waals surface area (Å²) in [5.74, 6) is -0.839. The molecule has 1 N–H and O–H groups in total. The number of aliphatic hydroxyl groups excluding tert-OH is 1. The molecule has 3 rings (SSSR count). The molecule has 130 valence electrons. The minimum Gasteiger partial charge on any atom is -0.456 e. The standard InChI is InChI=1S/C18H22O6/c1-9(2)10-3-4-13-17(21)16(24-18(13)22)8-12-7-14(20)15(23-12)6-11(19)5-10/h4,10,12,15-17,21H,1,3,5-8H2,2H3/b13-4+/t10-,12+,15+,16+,17-/m1/s1. The summed E-state index contributed by atoms with van der Waals surface area (Å²) in [5.41, 5.74) is 1.04. The van der Waals surface area contributed by atoms with Gasteiger partial charge in [0.2, 0.25) is 0 Å². The second-order valence-electron chi connectivity index (χ2n) is 6.93. The quantitative estimate of drug-likeness (QED) is 0.573. The number of rotatable bonds is 1. The largest absolute Gasteiger partial charge is 0.456 e. The van der Waals surface area contributed by atoms with Gasteiger partial charge in [0.05, 0.1) is 11.7 Å². The number of carbonyl (C=O) groups excluding carboxylic acids is 3. The first-order valence-corrected chi connectivity index (χ1v) is 8.29. The highest BCUT2D eigenvalue weighted by Gasteiger charge is 2.43. The Morgan fingerprint density at radius 3 is 2.71 bits per heavy atom. The second kappa shape index (κ2) is 6.61. The number of fused-ring (bicyclic) bond motifs is 4. The van der Waals surface area contributed by atoms with Gasteiger partial charge in [0.25, 0.3) is 0 Å². The van der Waals surface area contributed by atoms with Gasteiger partial charge >= 0.3 is 5.97 Å². The summed E-state index contributed by atoms with van der Waals surface area (Å²) in [6.07, 6.45) is -0.0616. The van der Waals surface area contributed by atoms with Crippen LogP contribution in [0.1, 0.15) is 39.0 Å².